The smallest absolute Gasteiger partial charge is 0.159 e. The van der Waals surface area contributed by atoms with Crippen LogP contribution in [0.25, 0.3) is 11.4 Å². The zero-order chi connectivity index (χ0) is 10.8. The maximum atomic E-state index is 4.27. The standard InChI is InChI=1S/C13H13N3/c1-5-15-13(16-6-1)11-3-2-10-4-7-14-9-12(10)8-11/h1-3,5-6,8,14H,4,7,9H2. The van der Waals surface area contributed by atoms with Gasteiger partial charge in [-0.3, -0.25) is 0 Å². The van der Waals surface area contributed by atoms with Gasteiger partial charge < -0.3 is 5.32 Å². The zero-order valence-corrected chi connectivity index (χ0v) is 8.98. The van der Waals surface area contributed by atoms with E-state index in [1.54, 1.807) is 12.4 Å². The van der Waals surface area contributed by atoms with Crippen molar-refractivity contribution in [2.24, 2.45) is 0 Å². The van der Waals surface area contributed by atoms with E-state index < -0.39 is 0 Å². The molecule has 0 saturated carbocycles. The van der Waals surface area contributed by atoms with Crippen molar-refractivity contribution in [1.29, 1.82) is 0 Å². The summed E-state index contributed by atoms with van der Waals surface area (Å²) >= 11 is 0. The Morgan fingerprint density at radius 1 is 1.06 bits per heavy atom. The highest BCUT2D eigenvalue weighted by Gasteiger charge is 2.10. The third-order valence-corrected chi connectivity index (χ3v) is 2.92. The molecule has 1 aliphatic rings. The van der Waals surface area contributed by atoms with Crippen LogP contribution in [-0.2, 0) is 13.0 Å². The van der Waals surface area contributed by atoms with E-state index in [-0.39, 0.29) is 0 Å². The third kappa shape index (κ3) is 1.70. The maximum absolute atomic E-state index is 4.27. The molecule has 0 atom stereocenters. The quantitative estimate of drug-likeness (QED) is 0.781. The summed E-state index contributed by atoms with van der Waals surface area (Å²) in [6.45, 7) is 2.03. The Kier molecular flexibility index (Phi) is 2.38. The van der Waals surface area contributed by atoms with Gasteiger partial charge in [0.15, 0.2) is 5.82 Å². The Balaban J connectivity index is 2.03. The average molecular weight is 211 g/mol. The molecule has 0 amide bonds. The molecule has 0 unspecified atom stereocenters. The fourth-order valence-electron chi connectivity index (χ4n) is 2.07. The number of nitrogens with zero attached hydrogens (tertiary/aromatic N) is 2. The Morgan fingerprint density at radius 3 is 2.81 bits per heavy atom. The molecule has 16 heavy (non-hydrogen) atoms. The van der Waals surface area contributed by atoms with E-state index in [9.17, 15) is 0 Å². The predicted octanol–water partition coefficient (Wildman–Crippen LogP) is 1.79. The van der Waals surface area contributed by atoms with Crippen molar-refractivity contribution in [3.05, 3.63) is 47.8 Å². The first-order chi connectivity index (χ1) is 7.93. The van der Waals surface area contributed by atoms with E-state index in [1.807, 2.05) is 6.07 Å². The molecule has 3 rings (SSSR count). The first kappa shape index (κ1) is 9.48. The van der Waals surface area contributed by atoms with Crippen LogP contribution in [0.1, 0.15) is 11.1 Å². The lowest BCUT2D eigenvalue weighted by atomic mass is 9.98. The Bertz CT molecular complexity index is 494. The van der Waals surface area contributed by atoms with Gasteiger partial charge in [0.1, 0.15) is 0 Å². The molecule has 0 saturated heterocycles. The number of rotatable bonds is 1. The molecule has 0 spiro atoms. The first-order valence-corrected chi connectivity index (χ1v) is 5.53. The Labute approximate surface area is 94.6 Å². The fourth-order valence-corrected chi connectivity index (χ4v) is 2.07. The molecule has 1 N–H and O–H groups in total. The van der Waals surface area contributed by atoms with Crippen molar-refractivity contribution in [2.45, 2.75) is 13.0 Å². The summed E-state index contributed by atoms with van der Waals surface area (Å²) in [5.74, 6) is 0.802. The second-order valence-corrected chi connectivity index (χ2v) is 3.98. The molecule has 2 aromatic rings. The normalized spacial score (nSPS) is 14.5. The van der Waals surface area contributed by atoms with Gasteiger partial charge >= 0.3 is 0 Å². The van der Waals surface area contributed by atoms with Gasteiger partial charge in [-0.15, -0.1) is 0 Å². The molecule has 1 aromatic heterocycles. The molecular weight excluding hydrogens is 198 g/mol. The minimum absolute atomic E-state index is 0.802. The van der Waals surface area contributed by atoms with Crippen LogP contribution in [0.3, 0.4) is 0 Å². The van der Waals surface area contributed by atoms with E-state index in [2.05, 4.69) is 33.5 Å². The molecule has 1 aromatic carbocycles. The molecule has 3 nitrogen and oxygen atoms in total. The van der Waals surface area contributed by atoms with Crippen LogP contribution in [0.5, 0.6) is 0 Å². The first-order valence-electron chi connectivity index (χ1n) is 5.53. The zero-order valence-electron chi connectivity index (χ0n) is 8.98. The lowest BCUT2D eigenvalue weighted by Crippen LogP contribution is -2.23. The summed E-state index contributed by atoms with van der Waals surface area (Å²) in [6.07, 6.45) is 4.67. The van der Waals surface area contributed by atoms with Gasteiger partial charge in [-0.25, -0.2) is 9.97 Å². The lowest BCUT2D eigenvalue weighted by Gasteiger charge is -2.17. The van der Waals surface area contributed by atoms with Gasteiger partial charge in [-0.05, 0) is 36.2 Å². The van der Waals surface area contributed by atoms with Crippen LogP contribution in [0, 0.1) is 0 Å². The van der Waals surface area contributed by atoms with Gasteiger partial charge in [0.05, 0.1) is 0 Å². The minimum Gasteiger partial charge on any atom is -0.312 e. The van der Waals surface area contributed by atoms with E-state index in [0.29, 0.717) is 0 Å². The summed E-state index contributed by atoms with van der Waals surface area (Å²) in [7, 11) is 0. The van der Waals surface area contributed by atoms with Crippen molar-refractivity contribution in [2.75, 3.05) is 6.54 Å². The molecule has 3 heteroatoms. The topological polar surface area (TPSA) is 37.8 Å². The fraction of sp³-hybridized carbons (Fsp3) is 0.231. The number of fused-ring (bicyclic) bond motifs is 1. The van der Waals surface area contributed by atoms with E-state index in [1.165, 1.54) is 11.1 Å². The molecule has 0 bridgehead atoms. The summed E-state index contributed by atoms with van der Waals surface area (Å²) in [5.41, 5.74) is 3.91. The summed E-state index contributed by atoms with van der Waals surface area (Å²) in [5, 5.41) is 3.38. The number of nitrogens with one attached hydrogen (secondary N) is 1. The van der Waals surface area contributed by atoms with Gasteiger partial charge in [-0.1, -0.05) is 12.1 Å². The van der Waals surface area contributed by atoms with E-state index >= 15 is 0 Å². The van der Waals surface area contributed by atoms with Gasteiger partial charge in [-0.2, -0.15) is 0 Å². The second-order valence-electron chi connectivity index (χ2n) is 3.98. The number of hydrogen-bond donors (Lipinski definition) is 1. The molecule has 0 fully saturated rings. The second kappa shape index (κ2) is 4.02. The summed E-state index contributed by atoms with van der Waals surface area (Å²) in [4.78, 5) is 8.53. The Morgan fingerprint density at radius 2 is 1.94 bits per heavy atom. The molecule has 0 aliphatic carbocycles. The summed E-state index contributed by atoms with van der Waals surface area (Å²) in [6, 6.07) is 8.33. The number of hydrogen-bond acceptors (Lipinski definition) is 3. The van der Waals surface area contributed by atoms with Crippen LogP contribution < -0.4 is 5.32 Å². The van der Waals surface area contributed by atoms with Gasteiger partial charge in [0, 0.05) is 24.5 Å². The van der Waals surface area contributed by atoms with Crippen LogP contribution in [0.4, 0.5) is 0 Å². The monoisotopic (exact) mass is 211 g/mol. The highest BCUT2D eigenvalue weighted by atomic mass is 14.9. The van der Waals surface area contributed by atoms with Crippen molar-refractivity contribution >= 4 is 0 Å². The van der Waals surface area contributed by atoms with Crippen LogP contribution in [0.2, 0.25) is 0 Å². The summed E-state index contributed by atoms with van der Waals surface area (Å²) < 4.78 is 0. The van der Waals surface area contributed by atoms with E-state index in [4.69, 9.17) is 0 Å². The number of benzene rings is 1. The highest BCUT2D eigenvalue weighted by Crippen LogP contribution is 2.21. The van der Waals surface area contributed by atoms with Gasteiger partial charge in [0.2, 0.25) is 0 Å². The maximum Gasteiger partial charge on any atom is 0.159 e. The minimum atomic E-state index is 0.802. The van der Waals surface area contributed by atoms with Crippen LogP contribution >= 0.6 is 0 Å². The molecular formula is C13H13N3. The van der Waals surface area contributed by atoms with Gasteiger partial charge in [0.25, 0.3) is 0 Å². The van der Waals surface area contributed by atoms with Crippen molar-refractivity contribution in [1.82, 2.24) is 15.3 Å². The average Bonchev–Trinajstić information content (AvgIpc) is 2.39. The van der Waals surface area contributed by atoms with E-state index in [0.717, 1.165) is 30.9 Å². The van der Waals surface area contributed by atoms with Crippen molar-refractivity contribution < 1.29 is 0 Å². The Hall–Kier alpha value is -1.74. The molecule has 2 heterocycles. The largest absolute Gasteiger partial charge is 0.312 e. The SMILES string of the molecule is c1cnc(-c2ccc3c(c2)CNCC3)nc1. The lowest BCUT2D eigenvalue weighted by molar-refractivity contribution is 0.644. The molecule has 0 radical (unpaired) electrons. The van der Waals surface area contributed by atoms with Crippen LogP contribution in [-0.4, -0.2) is 16.5 Å². The third-order valence-electron chi connectivity index (χ3n) is 2.92. The van der Waals surface area contributed by atoms with Crippen molar-refractivity contribution in [3.8, 4) is 11.4 Å². The predicted molar refractivity (Wildman–Crippen MR) is 62.9 cm³/mol. The number of aromatic nitrogens is 2. The van der Waals surface area contributed by atoms with Crippen LogP contribution in [0.15, 0.2) is 36.7 Å². The highest BCUT2D eigenvalue weighted by molar-refractivity contribution is 5.57. The molecule has 1 aliphatic heterocycles. The molecule has 80 valence electrons. The van der Waals surface area contributed by atoms with Crippen molar-refractivity contribution in [3.63, 3.8) is 0 Å².